The third-order valence-corrected chi connectivity index (χ3v) is 4.13. The summed E-state index contributed by atoms with van der Waals surface area (Å²) in [5, 5.41) is 3.64. The summed E-state index contributed by atoms with van der Waals surface area (Å²) in [7, 11) is 2.27. The Morgan fingerprint density at radius 2 is 1.79 bits per heavy atom. The van der Waals surface area contributed by atoms with E-state index in [2.05, 4.69) is 45.0 Å². The van der Waals surface area contributed by atoms with Crippen LogP contribution in [0.2, 0.25) is 0 Å². The summed E-state index contributed by atoms with van der Waals surface area (Å²) in [6, 6.07) is 0.570. The van der Waals surface area contributed by atoms with Crippen LogP contribution in [0.15, 0.2) is 0 Å². The standard InChI is InChI=1S/C16H34N2O/c1-14(2)6-9-18(5)13-16(12-17-15(3)4)7-10-19-11-8-16/h14-15,17H,6-13H2,1-5H3. The minimum Gasteiger partial charge on any atom is -0.381 e. The van der Waals surface area contributed by atoms with Gasteiger partial charge in [0.1, 0.15) is 0 Å². The van der Waals surface area contributed by atoms with Gasteiger partial charge >= 0.3 is 0 Å². The van der Waals surface area contributed by atoms with Gasteiger partial charge in [0.05, 0.1) is 0 Å². The van der Waals surface area contributed by atoms with Crippen molar-refractivity contribution in [2.75, 3.05) is 39.9 Å². The molecule has 0 atom stereocenters. The Balaban J connectivity index is 2.48. The van der Waals surface area contributed by atoms with Crippen LogP contribution in [0.25, 0.3) is 0 Å². The molecule has 0 aliphatic carbocycles. The third kappa shape index (κ3) is 6.73. The molecule has 3 heteroatoms. The molecule has 1 saturated heterocycles. The van der Waals surface area contributed by atoms with Crippen LogP contribution in [-0.4, -0.2) is 50.8 Å². The fourth-order valence-electron chi connectivity index (χ4n) is 2.75. The zero-order valence-electron chi connectivity index (χ0n) is 13.7. The molecule has 1 aliphatic heterocycles. The molecule has 0 bridgehead atoms. The molecule has 0 spiro atoms. The summed E-state index contributed by atoms with van der Waals surface area (Å²) >= 11 is 0. The van der Waals surface area contributed by atoms with E-state index in [9.17, 15) is 0 Å². The van der Waals surface area contributed by atoms with Crippen molar-refractivity contribution in [3.8, 4) is 0 Å². The number of hydrogen-bond donors (Lipinski definition) is 1. The molecule has 19 heavy (non-hydrogen) atoms. The average Bonchev–Trinajstić information content (AvgIpc) is 2.35. The molecule has 0 aromatic heterocycles. The molecule has 0 amide bonds. The Morgan fingerprint density at radius 3 is 2.32 bits per heavy atom. The zero-order valence-corrected chi connectivity index (χ0v) is 13.7. The van der Waals surface area contributed by atoms with E-state index >= 15 is 0 Å². The highest BCUT2D eigenvalue weighted by Gasteiger charge is 2.33. The molecule has 0 aromatic rings. The Bertz CT molecular complexity index is 235. The maximum Gasteiger partial charge on any atom is 0.0472 e. The van der Waals surface area contributed by atoms with Crippen molar-refractivity contribution in [3.63, 3.8) is 0 Å². The van der Waals surface area contributed by atoms with Gasteiger partial charge in [0.2, 0.25) is 0 Å². The zero-order chi connectivity index (χ0) is 14.3. The van der Waals surface area contributed by atoms with Crippen LogP contribution in [0.1, 0.15) is 47.0 Å². The lowest BCUT2D eigenvalue weighted by Gasteiger charge is -2.41. The Hall–Kier alpha value is -0.120. The van der Waals surface area contributed by atoms with E-state index in [0.717, 1.165) is 25.7 Å². The van der Waals surface area contributed by atoms with E-state index in [1.165, 1.54) is 32.4 Å². The topological polar surface area (TPSA) is 24.5 Å². The first-order valence-corrected chi connectivity index (χ1v) is 7.93. The Morgan fingerprint density at radius 1 is 1.16 bits per heavy atom. The second-order valence-electron chi connectivity index (χ2n) is 7.07. The van der Waals surface area contributed by atoms with Crippen LogP contribution in [0, 0.1) is 11.3 Å². The lowest BCUT2D eigenvalue weighted by atomic mass is 9.79. The van der Waals surface area contributed by atoms with Gasteiger partial charge in [-0.3, -0.25) is 0 Å². The molecule has 0 radical (unpaired) electrons. The van der Waals surface area contributed by atoms with Gasteiger partial charge in [-0.1, -0.05) is 27.7 Å². The average molecular weight is 270 g/mol. The molecule has 0 aromatic carbocycles. The summed E-state index contributed by atoms with van der Waals surface area (Å²) in [4.78, 5) is 2.52. The van der Waals surface area contributed by atoms with Gasteiger partial charge in [-0.25, -0.2) is 0 Å². The van der Waals surface area contributed by atoms with Crippen molar-refractivity contribution in [1.29, 1.82) is 0 Å². The molecule has 1 fully saturated rings. The Kier molecular flexibility index (Phi) is 7.33. The summed E-state index contributed by atoms with van der Waals surface area (Å²) < 4.78 is 5.57. The third-order valence-electron chi connectivity index (χ3n) is 4.13. The quantitative estimate of drug-likeness (QED) is 0.734. The van der Waals surface area contributed by atoms with Gasteiger partial charge in [-0.15, -0.1) is 0 Å². The van der Waals surface area contributed by atoms with Crippen LogP contribution < -0.4 is 5.32 Å². The van der Waals surface area contributed by atoms with Crippen molar-refractivity contribution in [2.24, 2.45) is 11.3 Å². The van der Waals surface area contributed by atoms with Crippen LogP contribution in [0.4, 0.5) is 0 Å². The second-order valence-corrected chi connectivity index (χ2v) is 7.07. The Labute approximate surface area is 120 Å². The molecule has 0 saturated carbocycles. The molecule has 1 heterocycles. The van der Waals surface area contributed by atoms with Crippen LogP contribution in [0.5, 0.6) is 0 Å². The summed E-state index contributed by atoms with van der Waals surface area (Å²) in [5.74, 6) is 0.793. The van der Waals surface area contributed by atoms with E-state index in [4.69, 9.17) is 4.74 Å². The highest BCUT2D eigenvalue weighted by atomic mass is 16.5. The predicted molar refractivity (Wildman–Crippen MR) is 82.6 cm³/mol. The first-order chi connectivity index (χ1) is 8.93. The van der Waals surface area contributed by atoms with E-state index < -0.39 is 0 Å². The van der Waals surface area contributed by atoms with Gasteiger partial charge < -0.3 is 15.0 Å². The monoisotopic (exact) mass is 270 g/mol. The fraction of sp³-hybridized carbons (Fsp3) is 1.00. The number of nitrogens with one attached hydrogen (secondary N) is 1. The molecule has 3 nitrogen and oxygen atoms in total. The molecule has 1 N–H and O–H groups in total. The highest BCUT2D eigenvalue weighted by Crippen LogP contribution is 2.31. The molecule has 0 unspecified atom stereocenters. The first-order valence-electron chi connectivity index (χ1n) is 7.93. The van der Waals surface area contributed by atoms with E-state index in [1.807, 2.05) is 0 Å². The largest absolute Gasteiger partial charge is 0.381 e. The first kappa shape index (κ1) is 16.9. The molecular weight excluding hydrogens is 236 g/mol. The maximum atomic E-state index is 5.57. The van der Waals surface area contributed by atoms with Gasteiger partial charge in [0, 0.05) is 32.3 Å². The van der Waals surface area contributed by atoms with Crippen LogP contribution in [0.3, 0.4) is 0 Å². The predicted octanol–water partition coefficient (Wildman–Crippen LogP) is 2.76. The van der Waals surface area contributed by atoms with Gasteiger partial charge in [-0.05, 0) is 44.2 Å². The minimum absolute atomic E-state index is 0.411. The normalized spacial score (nSPS) is 19.6. The fourth-order valence-corrected chi connectivity index (χ4v) is 2.75. The van der Waals surface area contributed by atoms with Crippen molar-refractivity contribution in [1.82, 2.24) is 10.2 Å². The van der Waals surface area contributed by atoms with Gasteiger partial charge in [-0.2, -0.15) is 0 Å². The van der Waals surface area contributed by atoms with E-state index in [-0.39, 0.29) is 0 Å². The maximum absolute atomic E-state index is 5.57. The van der Waals surface area contributed by atoms with E-state index in [1.54, 1.807) is 0 Å². The van der Waals surface area contributed by atoms with Crippen molar-refractivity contribution < 1.29 is 4.74 Å². The van der Waals surface area contributed by atoms with Crippen LogP contribution in [-0.2, 0) is 4.74 Å². The minimum atomic E-state index is 0.411. The lowest BCUT2D eigenvalue weighted by Crippen LogP contribution is -2.48. The number of rotatable bonds is 8. The van der Waals surface area contributed by atoms with E-state index in [0.29, 0.717) is 11.5 Å². The summed E-state index contributed by atoms with van der Waals surface area (Å²) in [6.07, 6.45) is 3.68. The molecular formula is C16H34N2O. The molecule has 114 valence electrons. The van der Waals surface area contributed by atoms with Gasteiger partial charge in [0.25, 0.3) is 0 Å². The molecule has 1 rings (SSSR count). The smallest absolute Gasteiger partial charge is 0.0472 e. The summed E-state index contributed by atoms with van der Waals surface area (Å²) in [5.41, 5.74) is 0.411. The number of hydrogen-bond acceptors (Lipinski definition) is 3. The number of nitrogens with zero attached hydrogens (tertiary/aromatic N) is 1. The van der Waals surface area contributed by atoms with Crippen LogP contribution >= 0.6 is 0 Å². The lowest BCUT2D eigenvalue weighted by molar-refractivity contribution is -0.00189. The summed E-state index contributed by atoms with van der Waals surface area (Å²) in [6.45, 7) is 14.5. The number of ether oxygens (including phenoxy) is 1. The van der Waals surface area contributed by atoms with Crippen molar-refractivity contribution >= 4 is 0 Å². The SMILES string of the molecule is CC(C)CCN(C)CC1(CNC(C)C)CCOCC1. The highest BCUT2D eigenvalue weighted by molar-refractivity contribution is 4.87. The van der Waals surface area contributed by atoms with Crippen molar-refractivity contribution in [3.05, 3.63) is 0 Å². The molecule has 1 aliphatic rings. The van der Waals surface area contributed by atoms with Gasteiger partial charge in [0.15, 0.2) is 0 Å². The van der Waals surface area contributed by atoms with Crippen molar-refractivity contribution in [2.45, 2.75) is 53.0 Å². The second kappa shape index (κ2) is 8.23.